The first-order valence-electron chi connectivity index (χ1n) is 8.86. The fraction of sp³-hybridized carbons (Fsp3) is 0.750. The summed E-state index contributed by atoms with van der Waals surface area (Å²) in [5.74, 6) is -0.431. The van der Waals surface area contributed by atoms with Crippen LogP contribution in [0.25, 0.3) is 0 Å². The number of carbonyl (C=O) groups excluding carboxylic acids is 2. The van der Waals surface area contributed by atoms with Gasteiger partial charge in [-0.2, -0.15) is 0 Å². The Hall–Kier alpha value is -2.32. The second kappa shape index (κ2) is 7.28. The van der Waals surface area contributed by atoms with Crippen molar-refractivity contribution in [1.29, 1.82) is 0 Å². The first kappa shape index (κ1) is 17.5. The Kier molecular flexibility index (Phi) is 5.10. The van der Waals surface area contributed by atoms with Crippen molar-refractivity contribution < 1.29 is 19.5 Å². The number of nitrogens with zero attached hydrogens (tertiary/aromatic N) is 3. The molecule has 1 aliphatic carbocycles. The number of rotatable bonds is 7. The molecule has 0 radical (unpaired) electrons. The number of aliphatic carboxylic acids is 1. The summed E-state index contributed by atoms with van der Waals surface area (Å²) < 4.78 is 0. The van der Waals surface area contributed by atoms with Crippen LogP contribution in [0.15, 0.2) is 4.99 Å². The van der Waals surface area contributed by atoms with Gasteiger partial charge in [-0.15, -0.1) is 0 Å². The number of carboxylic acid groups (broad SMARTS) is 1. The lowest BCUT2D eigenvalue weighted by Crippen LogP contribution is -2.50. The van der Waals surface area contributed by atoms with Gasteiger partial charge in [-0.25, -0.2) is 4.79 Å². The summed E-state index contributed by atoms with van der Waals surface area (Å²) in [5.41, 5.74) is 0.172. The van der Waals surface area contributed by atoms with E-state index in [0.29, 0.717) is 38.4 Å². The van der Waals surface area contributed by atoms with E-state index in [0.717, 1.165) is 25.8 Å². The third-order valence-corrected chi connectivity index (χ3v) is 4.96. The monoisotopic (exact) mass is 351 g/mol. The standard InChI is InChI=1S/C16H25N5O4/c22-12(18-14-17-7-6-16(19-14)4-5-16)2-1-8-20-10-11-21(15(20)25)9-3-13(23)24/h1-11H2,(H,23,24)(H2,17,18,19,22). The van der Waals surface area contributed by atoms with Crippen LogP contribution in [0, 0.1) is 0 Å². The predicted octanol–water partition coefficient (Wildman–Crippen LogP) is -0.0230. The van der Waals surface area contributed by atoms with Crippen molar-refractivity contribution in [2.45, 2.75) is 44.1 Å². The fourth-order valence-electron chi connectivity index (χ4n) is 3.23. The molecule has 3 rings (SSSR count). The largest absolute Gasteiger partial charge is 0.481 e. The van der Waals surface area contributed by atoms with Crippen molar-refractivity contribution in [3.8, 4) is 0 Å². The van der Waals surface area contributed by atoms with Crippen LogP contribution in [-0.4, -0.2) is 77.0 Å². The lowest BCUT2D eigenvalue weighted by molar-refractivity contribution is -0.137. The Morgan fingerprint density at radius 2 is 1.88 bits per heavy atom. The SMILES string of the molecule is O=C(O)CCN1CCN(CCCC(=O)NC2=NCCC3(CC3)N2)C1=O. The van der Waals surface area contributed by atoms with Gasteiger partial charge in [-0.05, 0) is 25.7 Å². The molecule has 1 saturated carbocycles. The number of guanidine groups is 1. The minimum Gasteiger partial charge on any atom is -0.481 e. The lowest BCUT2D eigenvalue weighted by Gasteiger charge is -2.24. The highest BCUT2D eigenvalue weighted by atomic mass is 16.4. The van der Waals surface area contributed by atoms with Gasteiger partial charge in [0.2, 0.25) is 5.91 Å². The highest BCUT2D eigenvalue weighted by Gasteiger charge is 2.44. The van der Waals surface area contributed by atoms with Gasteiger partial charge in [0, 0.05) is 44.7 Å². The number of amides is 3. The maximum Gasteiger partial charge on any atom is 0.320 e. The van der Waals surface area contributed by atoms with Crippen LogP contribution in [0.3, 0.4) is 0 Å². The Balaban J connectivity index is 1.34. The van der Waals surface area contributed by atoms with Crippen LogP contribution in [0.2, 0.25) is 0 Å². The summed E-state index contributed by atoms with van der Waals surface area (Å²) >= 11 is 0. The first-order valence-corrected chi connectivity index (χ1v) is 8.86. The molecule has 2 heterocycles. The number of aliphatic imine (C=N–C) groups is 1. The number of carbonyl (C=O) groups is 3. The van der Waals surface area contributed by atoms with Crippen LogP contribution >= 0.6 is 0 Å². The molecule has 25 heavy (non-hydrogen) atoms. The van der Waals surface area contributed by atoms with Crippen LogP contribution in [0.5, 0.6) is 0 Å². The average molecular weight is 351 g/mol. The quantitative estimate of drug-likeness (QED) is 0.596. The van der Waals surface area contributed by atoms with E-state index in [4.69, 9.17) is 5.11 Å². The summed E-state index contributed by atoms with van der Waals surface area (Å²) in [5, 5.41) is 14.8. The van der Waals surface area contributed by atoms with Gasteiger partial charge in [-0.1, -0.05) is 0 Å². The van der Waals surface area contributed by atoms with Gasteiger partial charge in [0.05, 0.1) is 6.42 Å². The molecule has 0 atom stereocenters. The summed E-state index contributed by atoms with van der Waals surface area (Å²) in [7, 11) is 0. The zero-order chi connectivity index (χ0) is 17.9. The Morgan fingerprint density at radius 3 is 2.56 bits per heavy atom. The van der Waals surface area contributed by atoms with E-state index in [1.54, 1.807) is 9.80 Å². The van der Waals surface area contributed by atoms with Crippen LogP contribution in [0.1, 0.15) is 38.5 Å². The van der Waals surface area contributed by atoms with Crippen LogP contribution in [-0.2, 0) is 9.59 Å². The van der Waals surface area contributed by atoms with Crippen molar-refractivity contribution in [2.75, 3.05) is 32.7 Å². The Bertz CT molecular complexity index is 587. The molecule has 3 aliphatic rings. The molecule has 0 bridgehead atoms. The molecule has 0 aromatic heterocycles. The maximum absolute atomic E-state index is 12.1. The van der Waals surface area contributed by atoms with Crippen molar-refractivity contribution in [1.82, 2.24) is 20.4 Å². The fourth-order valence-corrected chi connectivity index (χ4v) is 3.23. The zero-order valence-electron chi connectivity index (χ0n) is 14.3. The third-order valence-electron chi connectivity index (χ3n) is 4.96. The van der Waals surface area contributed by atoms with Gasteiger partial charge in [0.15, 0.2) is 5.96 Å². The van der Waals surface area contributed by atoms with E-state index in [2.05, 4.69) is 15.6 Å². The minimum absolute atomic E-state index is 0.0431. The summed E-state index contributed by atoms with van der Waals surface area (Å²) in [6.07, 6.45) is 4.16. The molecule has 9 heteroatoms. The van der Waals surface area contributed by atoms with Crippen LogP contribution in [0.4, 0.5) is 4.79 Å². The number of urea groups is 1. The van der Waals surface area contributed by atoms with Crippen molar-refractivity contribution in [3.63, 3.8) is 0 Å². The Labute approximate surface area is 146 Å². The average Bonchev–Trinajstić information content (AvgIpc) is 3.20. The topological polar surface area (TPSA) is 114 Å². The first-order chi connectivity index (χ1) is 12.0. The minimum atomic E-state index is -0.907. The molecule has 2 fully saturated rings. The number of nitrogens with one attached hydrogen (secondary N) is 2. The molecule has 0 unspecified atom stereocenters. The zero-order valence-corrected chi connectivity index (χ0v) is 14.3. The number of carboxylic acids is 1. The van der Waals surface area contributed by atoms with E-state index in [9.17, 15) is 14.4 Å². The molecule has 3 amide bonds. The van der Waals surface area contributed by atoms with E-state index in [1.807, 2.05) is 0 Å². The van der Waals surface area contributed by atoms with Gasteiger partial charge in [-0.3, -0.25) is 19.9 Å². The van der Waals surface area contributed by atoms with Gasteiger partial charge in [0.25, 0.3) is 0 Å². The lowest BCUT2D eigenvalue weighted by atomic mass is 10.1. The van der Waals surface area contributed by atoms with Crippen molar-refractivity contribution in [2.24, 2.45) is 4.99 Å². The normalized spacial score (nSPS) is 21.1. The predicted molar refractivity (Wildman–Crippen MR) is 90.2 cm³/mol. The van der Waals surface area contributed by atoms with E-state index < -0.39 is 5.97 Å². The second-order valence-corrected chi connectivity index (χ2v) is 6.94. The molecule has 1 saturated heterocycles. The molecule has 2 aliphatic heterocycles. The number of hydrogen-bond acceptors (Lipinski definition) is 5. The maximum atomic E-state index is 12.1. The highest BCUT2D eigenvalue weighted by Crippen LogP contribution is 2.39. The van der Waals surface area contributed by atoms with Gasteiger partial charge < -0.3 is 20.2 Å². The van der Waals surface area contributed by atoms with E-state index in [-0.39, 0.29) is 30.4 Å². The smallest absolute Gasteiger partial charge is 0.320 e. The molecule has 0 aromatic carbocycles. The van der Waals surface area contributed by atoms with Crippen molar-refractivity contribution in [3.05, 3.63) is 0 Å². The third kappa shape index (κ3) is 4.61. The van der Waals surface area contributed by atoms with Gasteiger partial charge in [0.1, 0.15) is 0 Å². The molecule has 9 nitrogen and oxygen atoms in total. The van der Waals surface area contributed by atoms with Gasteiger partial charge >= 0.3 is 12.0 Å². The highest BCUT2D eigenvalue weighted by molar-refractivity contribution is 5.97. The summed E-state index contributed by atoms with van der Waals surface area (Å²) in [6, 6.07) is -0.143. The molecular formula is C16H25N5O4. The van der Waals surface area contributed by atoms with Crippen molar-refractivity contribution >= 4 is 23.9 Å². The summed E-state index contributed by atoms with van der Waals surface area (Å²) in [4.78, 5) is 42.3. The van der Waals surface area contributed by atoms with Crippen LogP contribution < -0.4 is 10.6 Å². The second-order valence-electron chi connectivity index (χ2n) is 6.94. The molecule has 0 aromatic rings. The van der Waals surface area contributed by atoms with E-state index in [1.165, 1.54) is 0 Å². The molecule has 138 valence electrons. The molecule has 3 N–H and O–H groups in total. The molecule has 1 spiro atoms. The van der Waals surface area contributed by atoms with E-state index >= 15 is 0 Å². The molecular weight excluding hydrogens is 326 g/mol. The number of hydrogen-bond donors (Lipinski definition) is 3. The Morgan fingerprint density at radius 1 is 1.16 bits per heavy atom. The summed E-state index contributed by atoms with van der Waals surface area (Å²) in [6.45, 7) is 2.60.